The smallest absolute Gasteiger partial charge is 0.317 e. The molecule has 0 atom stereocenters. The number of benzene rings is 1. The number of carbonyl (C=O) groups excluding carboxylic acids is 1. The Balaban J connectivity index is 1.22. The first kappa shape index (κ1) is 17.7. The average molecular weight is 373 g/mol. The Morgan fingerprint density at radius 2 is 1.92 bits per heavy atom. The minimum absolute atomic E-state index is 0.0949. The molecular formula is C20H28N4OS. The Kier molecular flexibility index (Phi) is 5.70. The lowest BCUT2D eigenvalue weighted by Crippen LogP contribution is -2.51. The van der Waals surface area contributed by atoms with Gasteiger partial charge in [-0.2, -0.15) is 11.8 Å². The average Bonchev–Trinajstić information content (AvgIpc) is 3.12. The van der Waals surface area contributed by atoms with E-state index in [0.717, 1.165) is 37.9 Å². The summed E-state index contributed by atoms with van der Waals surface area (Å²) >= 11 is 2.06. The summed E-state index contributed by atoms with van der Waals surface area (Å²) in [6.07, 6.45) is 5.14. The number of thioether (sulfide) groups is 1. The summed E-state index contributed by atoms with van der Waals surface area (Å²) in [7, 11) is 0. The molecular weight excluding hydrogens is 344 g/mol. The number of nitrogens with zero attached hydrogens (tertiary/aromatic N) is 2. The molecule has 5 nitrogen and oxygen atoms in total. The van der Waals surface area contributed by atoms with Gasteiger partial charge in [-0.05, 0) is 30.9 Å². The largest absolute Gasteiger partial charge is 0.361 e. The molecule has 2 fully saturated rings. The molecule has 0 spiro atoms. The molecule has 2 aromatic rings. The number of rotatable bonds is 4. The third-order valence-corrected chi connectivity index (χ3v) is 6.60. The molecule has 0 bridgehead atoms. The van der Waals surface area contributed by atoms with Gasteiger partial charge in [0.15, 0.2) is 0 Å². The summed E-state index contributed by atoms with van der Waals surface area (Å²) in [5.41, 5.74) is 2.43. The van der Waals surface area contributed by atoms with Gasteiger partial charge in [0, 0.05) is 67.4 Å². The van der Waals surface area contributed by atoms with Crippen LogP contribution >= 0.6 is 11.8 Å². The van der Waals surface area contributed by atoms with Gasteiger partial charge in [-0.25, -0.2) is 4.79 Å². The number of aromatic amines is 1. The number of nitrogens with one attached hydrogen (secondary N) is 2. The maximum absolute atomic E-state index is 12.5. The zero-order chi connectivity index (χ0) is 17.8. The number of fused-ring (bicyclic) bond motifs is 1. The molecule has 1 aromatic carbocycles. The summed E-state index contributed by atoms with van der Waals surface area (Å²) in [6.45, 7) is 4.88. The van der Waals surface area contributed by atoms with Crippen molar-refractivity contribution in [3.63, 3.8) is 0 Å². The zero-order valence-corrected chi connectivity index (χ0v) is 16.1. The van der Waals surface area contributed by atoms with E-state index < -0.39 is 0 Å². The minimum Gasteiger partial charge on any atom is -0.361 e. The standard InChI is InChI=1S/C20H28N4OS/c25-20(21-8-5-16-15-22-19-4-2-1-3-18(16)19)24-9-6-17(7-10-24)23-11-13-26-14-12-23/h1-4,15,17,22H,5-14H2,(H,21,25). The Hall–Kier alpha value is -1.66. The first-order valence-electron chi connectivity index (χ1n) is 9.71. The van der Waals surface area contributed by atoms with Crippen LogP contribution in [0.15, 0.2) is 30.5 Å². The third-order valence-electron chi connectivity index (χ3n) is 5.66. The van der Waals surface area contributed by atoms with Gasteiger partial charge in [0.2, 0.25) is 0 Å². The summed E-state index contributed by atoms with van der Waals surface area (Å²) in [5.74, 6) is 2.52. The van der Waals surface area contributed by atoms with Crippen LogP contribution in [0.2, 0.25) is 0 Å². The number of hydrogen-bond acceptors (Lipinski definition) is 3. The fourth-order valence-corrected chi connectivity index (χ4v) is 5.06. The van der Waals surface area contributed by atoms with Gasteiger partial charge in [0.25, 0.3) is 0 Å². The van der Waals surface area contributed by atoms with Crippen LogP contribution in [0.3, 0.4) is 0 Å². The molecule has 140 valence electrons. The SMILES string of the molecule is O=C(NCCc1c[nH]c2ccccc12)N1CCC(N2CCSCC2)CC1. The van der Waals surface area contributed by atoms with E-state index in [1.807, 2.05) is 11.0 Å². The van der Waals surface area contributed by atoms with Gasteiger partial charge in [-0.15, -0.1) is 0 Å². The highest BCUT2D eigenvalue weighted by atomic mass is 32.2. The van der Waals surface area contributed by atoms with Crippen LogP contribution in [-0.2, 0) is 6.42 Å². The van der Waals surface area contributed by atoms with Crippen LogP contribution in [0.5, 0.6) is 0 Å². The Labute approximate surface area is 159 Å². The number of amides is 2. The van der Waals surface area contributed by atoms with E-state index in [1.54, 1.807) is 0 Å². The van der Waals surface area contributed by atoms with Crippen molar-refractivity contribution in [3.05, 3.63) is 36.0 Å². The van der Waals surface area contributed by atoms with E-state index in [4.69, 9.17) is 0 Å². The Morgan fingerprint density at radius 3 is 2.73 bits per heavy atom. The van der Waals surface area contributed by atoms with Crippen LogP contribution < -0.4 is 5.32 Å². The molecule has 0 radical (unpaired) electrons. The number of likely N-dealkylation sites (tertiary alicyclic amines) is 1. The first-order chi connectivity index (χ1) is 12.8. The van der Waals surface area contributed by atoms with Crippen molar-refractivity contribution in [1.29, 1.82) is 0 Å². The van der Waals surface area contributed by atoms with E-state index in [9.17, 15) is 4.79 Å². The van der Waals surface area contributed by atoms with Crippen molar-refractivity contribution in [2.75, 3.05) is 44.2 Å². The molecule has 2 amide bonds. The van der Waals surface area contributed by atoms with Crippen molar-refractivity contribution in [2.45, 2.75) is 25.3 Å². The molecule has 0 saturated carbocycles. The molecule has 2 saturated heterocycles. The maximum atomic E-state index is 12.5. The van der Waals surface area contributed by atoms with Gasteiger partial charge < -0.3 is 15.2 Å². The number of urea groups is 1. The minimum atomic E-state index is 0.0949. The van der Waals surface area contributed by atoms with Crippen molar-refractivity contribution in [1.82, 2.24) is 20.1 Å². The van der Waals surface area contributed by atoms with Gasteiger partial charge in [-0.3, -0.25) is 4.90 Å². The second kappa shape index (κ2) is 8.35. The van der Waals surface area contributed by atoms with Crippen molar-refractivity contribution in [3.8, 4) is 0 Å². The number of piperidine rings is 1. The highest BCUT2D eigenvalue weighted by Crippen LogP contribution is 2.21. The third kappa shape index (κ3) is 4.01. The summed E-state index contributed by atoms with van der Waals surface area (Å²) in [5, 5.41) is 4.36. The number of hydrogen-bond donors (Lipinski definition) is 2. The summed E-state index contributed by atoms with van der Waals surface area (Å²) < 4.78 is 0. The van der Waals surface area contributed by atoms with Gasteiger partial charge in [-0.1, -0.05) is 18.2 Å². The molecule has 6 heteroatoms. The van der Waals surface area contributed by atoms with E-state index in [1.165, 1.54) is 35.5 Å². The van der Waals surface area contributed by atoms with Crippen LogP contribution in [0, 0.1) is 0 Å². The monoisotopic (exact) mass is 372 g/mol. The second-order valence-corrected chi connectivity index (χ2v) is 8.43. The summed E-state index contributed by atoms with van der Waals surface area (Å²) in [6, 6.07) is 9.08. The van der Waals surface area contributed by atoms with Crippen molar-refractivity contribution in [2.24, 2.45) is 0 Å². The van der Waals surface area contributed by atoms with Gasteiger partial charge >= 0.3 is 6.03 Å². The van der Waals surface area contributed by atoms with E-state index in [0.29, 0.717) is 12.6 Å². The number of para-hydroxylation sites is 1. The maximum Gasteiger partial charge on any atom is 0.317 e. The lowest BCUT2D eigenvalue weighted by atomic mass is 10.0. The van der Waals surface area contributed by atoms with Crippen molar-refractivity contribution >= 4 is 28.7 Å². The highest BCUT2D eigenvalue weighted by Gasteiger charge is 2.27. The van der Waals surface area contributed by atoms with E-state index in [2.05, 4.69) is 51.4 Å². The number of carbonyl (C=O) groups is 1. The Morgan fingerprint density at radius 1 is 1.15 bits per heavy atom. The molecule has 4 rings (SSSR count). The topological polar surface area (TPSA) is 51.4 Å². The van der Waals surface area contributed by atoms with E-state index >= 15 is 0 Å². The summed E-state index contributed by atoms with van der Waals surface area (Å²) in [4.78, 5) is 20.4. The number of aromatic nitrogens is 1. The molecule has 1 aromatic heterocycles. The fourth-order valence-electron chi connectivity index (χ4n) is 4.13. The van der Waals surface area contributed by atoms with Gasteiger partial charge in [0.05, 0.1) is 0 Å². The first-order valence-corrected chi connectivity index (χ1v) is 10.9. The Bertz CT molecular complexity index is 732. The molecule has 0 unspecified atom stereocenters. The molecule has 2 aliphatic rings. The van der Waals surface area contributed by atoms with Crippen LogP contribution in [-0.4, -0.2) is 71.1 Å². The predicted molar refractivity (Wildman–Crippen MR) is 109 cm³/mol. The fraction of sp³-hybridized carbons (Fsp3) is 0.550. The predicted octanol–water partition coefficient (Wildman–Crippen LogP) is 2.93. The molecule has 2 N–H and O–H groups in total. The quantitative estimate of drug-likeness (QED) is 0.868. The zero-order valence-electron chi connectivity index (χ0n) is 15.2. The van der Waals surface area contributed by atoms with Crippen LogP contribution in [0.4, 0.5) is 4.79 Å². The second-order valence-electron chi connectivity index (χ2n) is 7.21. The van der Waals surface area contributed by atoms with E-state index in [-0.39, 0.29) is 6.03 Å². The lowest BCUT2D eigenvalue weighted by molar-refractivity contribution is 0.124. The van der Waals surface area contributed by atoms with Crippen LogP contribution in [0.1, 0.15) is 18.4 Å². The normalized spacial score (nSPS) is 19.8. The molecule has 3 heterocycles. The van der Waals surface area contributed by atoms with Crippen molar-refractivity contribution < 1.29 is 4.79 Å². The molecule has 0 aliphatic carbocycles. The number of H-pyrrole nitrogens is 1. The lowest BCUT2D eigenvalue weighted by Gasteiger charge is -2.40. The highest BCUT2D eigenvalue weighted by molar-refractivity contribution is 7.99. The molecule has 2 aliphatic heterocycles. The van der Waals surface area contributed by atoms with Crippen LogP contribution in [0.25, 0.3) is 10.9 Å². The van der Waals surface area contributed by atoms with Gasteiger partial charge in [0.1, 0.15) is 0 Å². The molecule has 26 heavy (non-hydrogen) atoms.